The van der Waals surface area contributed by atoms with Crippen LogP contribution in [0.1, 0.15) is 6.42 Å². The molecule has 0 aliphatic carbocycles. The van der Waals surface area contributed by atoms with E-state index in [1.54, 1.807) is 11.3 Å². The molecule has 0 amide bonds. The fourth-order valence-electron chi connectivity index (χ4n) is 2.40. The van der Waals surface area contributed by atoms with E-state index in [-0.39, 0.29) is 0 Å². The van der Waals surface area contributed by atoms with Gasteiger partial charge in [-0.25, -0.2) is 4.98 Å². The van der Waals surface area contributed by atoms with Gasteiger partial charge in [-0.05, 0) is 32.1 Å². The molecule has 18 heavy (non-hydrogen) atoms. The van der Waals surface area contributed by atoms with Crippen LogP contribution >= 0.6 is 11.3 Å². The van der Waals surface area contributed by atoms with Gasteiger partial charge in [0, 0.05) is 35.4 Å². The SMILES string of the molecule is CN1CCC(Nc2cccc(-c3nccs3)c2)C1. The quantitative estimate of drug-likeness (QED) is 0.918. The molecule has 1 aromatic carbocycles. The summed E-state index contributed by atoms with van der Waals surface area (Å²) in [6.45, 7) is 2.31. The number of benzene rings is 1. The van der Waals surface area contributed by atoms with Gasteiger partial charge in [-0.15, -0.1) is 11.3 Å². The number of anilines is 1. The van der Waals surface area contributed by atoms with Gasteiger partial charge in [0.1, 0.15) is 5.01 Å². The third kappa shape index (κ3) is 2.54. The number of likely N-dealkylation sites (tertiary alicyclic amines) is 1. The number of aromatic nitrogens is 1. The van der Waals surface area contributed by atoms with E-state index in [1.165, 1.54) is 24.2 Å². The molecule has 2 aromatic rings. The molecule has 0 spiro atoms. The summed E-state index contributed by atoms with van der Waals surface area (Å²) >= 11 is 1.68. The second kappa shape index (κ2) is 5.08. The fourth-order valence-corrected chi connectivity index (χ4v) is 3.03. The first-order valence-electron chi connectivity index (χ1n) is 6.26. The van der Waals surface area contributed by atoms with Crippen LogP contribution in [0.5, 0.6) is 0 Å². The lowest BCUT2D eigenvalue weighted by molar-refractivity contribution is 0.414. The van der Waals surface area contributed by atoms with Crippen molar-refractivity contribution >= 4 is 17.0 Å². The molecule has 94 valence electrons. The van der Waals surface area contributed by atoms with Crippen molar-refractivity contribution in [2.75, 3.05) is 25.5 Å². The lowest BCUT2D eigenvalue weighted by atomic mass is 10.2. The summed E-state index contributed by atoms with van der Waals surface area (Å²) in [4.78, 5) is 6.72. The Morgan fingerprint density at radius 2 is 2.39 bits per heavy atom. The zero-order valence-corrected chi connectivity index (χ0v) is 11.3. The number of thiazole rings is 1. The predicted molar refractivity (Wildman–Crippen MR) is 77.1 cm³/mol. The van der Waals surface area contributed by atoms with E-state index in [1.807, 2.05) is 11.6 Å². The van der Waals surface area contributed by atoms with Gasteiger partial charge in [0.05, 0.1) is 0 Å². The molecular formula is C14H17N3S. The molecule has 1 aliphatic rings. The summed E-state index contributed by atoms with van der Waals surface area (Å²) < 4.78 is 0. The lowest BCUT2D eigenvalue weighted by Gasteiger charge is -2.14. The predicted octanol–water partition coefficient (Wildman–Crippen LogP) is 2.93. The highest BCUT2D eigenvalue weighted by Crippen LogP contribution is 2.25. The molecule has 0 bridgehead atoms. The first-order chi connectivity index (χ1) is 8.81. The average molecular weight is 259 g/mol. The van der Waals surface area contributed by atoms with Crippen LogP contribution in [0.15, 0.2) is 35.8 Å². The summed E-state index contributed by atoms with van der Waals surface area (Å²) in [5.41, 5.74) is 2.39. The van der Waals surface area contributed by atoms with Gasteiger partial charge < -0.3 is 10.2 Å². The van der Waals surface area contributed by atoms with Gasteiger partial charge >= 0.3 is 0 Å². The minimum absolute atomic E-state index is 0.571. The topological polar surface area (TPSA) is 28.2 Å². The Balaban J connectivity index is 1.75. The highest BCUT2D eigenvalue weighted by Gasteiger charge is 2.18. The molecule has 0 radical (unpaired) electrons. The van der Waals surface area contributed by atoms with Crippen molar-refractivity contribution in [1.29, 1.82) is 0 Å². The normalized spacial score (nSPS) is 20.2. The van der Waals surface area contributed by atoms with E-state index >= 15 is 0 Å². The van der Waals surface area contributed by atoms with Crippen molar-refractivity contribution in [3.05, 3.63) is 35.8 Å². The van der Waals surface area contributed by atoms with E-state index in [0.717, 1.165) is 11.6 Å². The Kier molecular flexibility index (Phi) is 3.30. The molecule has 1 atom stereocenters. The Labute approximate surface area is 111 Å². The van der Waals surface area contributed by atoms with Crippen molar-refractivity contribution in [2.45, 2.75) is 12.5 Å². The maximum Gasteiger partial charge on any atom is 0.123 e. The van der Waals surface area contributed by atoms with Crippen LogP contribution in [0.3, 0.4) is 0 Å². The van der Waals surface area contributed by atoms with Crippen molar-refractivity contribution in [2.24, 2.45) is 0 Å². The highest BCUT2D eigenvalue weighted by atomic mass is 32.1. The van der Waals surface area contributed by atoms with Gasteiger partial charge in [0.2, 0.25) is 0 Å². The number of hydrogen-bond acceptors (Lipinski definition) is 4. The van der Waals surface area contributed by atoms with Crippen LogP contribution in [0.2, 0.25) is 0 Å². The number of nitrogens with zero attached hydrogens (tertiary/aromatic N) is 2. The van der Waals surface area contributed by atoms with Gasteiger partial charge in [-0.2, -0.15) is 0 Å². The zero-order chi connectivity index (χ0) is 12.4. The third-order valence-electron chi connectivity index (χ3n) is 3.30. The molecule has 1 saturated heterocycles. The maximum atomic E-state index is 4.35. The third-order valence-corrected chi connectivity index (χ3v) is 4.13. The van der Waals surface area contributed by atoms with Crippen LogP contribution in [0.4, 0.5) is 5.69 Å². The molecule has 3 nitrogen and oxygen atoms in total. The van der Waals surface area contributed by atoms with Gasteiger partial charge in [0.15, 0.2) is 0 Å². The molecule has 1 unspecified atom stereocenters. The van der Waals surface area contributed by atoms with Crippen LogP contribution in [-0.2, 0) is 0 Å². The molecule has 1 N–H and O–H groups in total. The van der Waals surface area contributed by atoms with E-state index in [4.69, 9.17) is 0 Å². The number of nitrogens with one attached hydrogen (secondary N) is 1. The minimum Gasteiger partial charge on any atom is -0.381 e. The smallest absolute Gasteiger partial charge is 0.123 e. The first-order valence-corrected chi connectivity index (χ1v) is 7.14. The largest absolute Gasteiger partial charge is 0.381 e. The van der Waals surface area contributed by atoms with Crippen LogP contribution < -0.4 is 5.32 Å². The summed E-state index contributed by atoms with van der Waals surface area (Å²) in [6.07, 6.45) is 3.07. The summed E-state index contributed by atoms with van der Waals surface area (Å²) in [7, 11) is 2.17. The molecular weight excluding hydrogens is 242 g/mol. The summed E-state index contributed by atoms with van der Waals surface area (Å²) in [5, 5.41) is 6.71. The second-order valence-electron chi connectivity index (χ2n) is 4.81. The number of likely N-dealkylation sites (N-methyl/N-ethyl adjacent to an activating group) is 1. The van der Waals surface area contributed by atoms with Gasteiger partial charge in [-0.3, -0.25) is 0 Å². The number of hydrogen-bond donors (Lipinski definition) is 1. The second-order valence-corrected chi connectivity index (χ2v) is 5.70. The Morgan fingerprint density at radius 1 is 1.44 bits per heavy atom. The van der Waals surface area contributed by atoms with Crippen molar-refractivity contribution in [1.82, 2.24) is 9.88 Å². The average Bonchev–Trinajstić information content (AvgIpc) is 3.01. The van der Waals surface area contributed by atoms with E-state index in [0.29, 0.717) is 6.04 Å². The Hall–Kier alpha value is -1.39. The molecule has 1 aromatic heterocycles. The van der Waals surface area contributed by atoms with Crippen molar-refractivity contribution in [3.8, 4) is 10.6 Å². The standard InChI is InChI=1S/C14H17N3S/c1-17-7-5-13(10-17)16-12-4-2-3-11(9-12)14-15-6-8-18-14/h2-4,6,8-9,13,16H,5,7,10H2,1H3. The minimum atomic E-state index is 0.571. The zero-order valence-electron chi connectivity index (χ0n) is 10.5. The van der Waals surface area contributed by atoms with E-state index in [9.17, 15) is 0 Å². The summed E-state index contributed by atoms with van der Waals surface area (Å²) in [5.74, 6) is 0. The molecule has 3 rings (SSSR count). The maximum absolute atomic E-state index is 4.35. The van der Waals surface area contributed by atoms with Crippen LogP contribution in [0.25, 0.3) is 10.6 Å². The summed E-state index contributed by atoms with van der Waals surface area (Å²) in [6, 6.07) is 9.11. The van der Waals surface area contributed by atoms with Crippen molar-refractivity contribution < 1.29 is 0 Å². The Morgan fingerprint density at radius 3 is 3.11 bits per heavy atom. The highest BCUT2D eigenvalue weighted by molar-refractivity contribution is 7.13. The molecule has 2 heterocycles. The van der Waals surface area contributed by atoms with Crippen LogP contribution in [-0.4, -0.2) is 36.1 Å². The monoisotopic (exact) mass is 259 g/mol. The molecule has 1 fully saturated rings. The molecule has 4 heteroatoms. The molecule has 1 aliphatic heterocycles. The fraction of sp³-hybridized carbons (Fsp3) is 0.357. The van der Waals surface area contributed by atoms with E-state index < -0.39 is 0 Å². The number of rotatable bonds is 3. The van der Waals surface area contributed by atoms with Gasteiger partial charge in [0.25, 0.3) is 0 Å². The first kappa shape index (κ1) is 11.7. The van der Waals surface area contributed by atoms with Crippen molar-refractivity contribution in [3.63, 3.8) is 0 Å². The lowest BCUT2D eigenvalue weighted by Crippen LogP contribution is -2.23. The molecule has 0 saturated carbocycles. The van der Waals surface area contributed by atoms with E-state index in [2.05, 4.69) is 46.5 Å². The van der Waals surface area contributed by atoms with Gasteiger partial charge in [-0.1, -0.05) is 12.1 Å². The van der Waals surface area contributed by atoms with Crippen LogP contribution in [0, 0.1) is 0 Å². The Bertz CT molecular complexity index is 510.